The van der Waals surface area contributed by atoms with Crippen LogP contribution in [0.15, 0.2) is 12.2 Å². The Balaban J connectivity index is 2.98. The number of hydrogen-bond donors (Lipinski definition) is 1. The number of aliphatic hydroxyl groups is 1. The van der Waals surface area contributed by atoms with Crippen LogP contribution in [0.5, 0.6) is 0 Å². The van der Waals surface area contributed by atoms with Crippen molar-refractivity contribution in [2.24, 2.45) is 0 Å². The van der Waals surface area contributed by atoms with Gasteiger partial charge in [0.1, 0.15) is 0 Å². The second-order valence-electron chi connectivity index (χ2n) is 4.60. The lowest BCUT2D eigenvalue weighted by Gasteiger charge is -1.97. The summed E-state index contributed by atoms with van der Waals surface area (Å²) in [5.41, 5.74) is 0. The highest BCUT2D eigenvalue weighted by Gasteiger charge is 1.88. The fourth-order valence-corrected chi connectivity index (χ4v) is 1.83. The zero-order valence-corrected chi connectivity index (χ0v) is 11.1. The van der Waals surface area contributed by atoms with Crippen LogP contribution in [-0.2, 0) is 0 Å². The monoisotopic (exact) mass is 226 g/mol. The molecule has 0 radical (unpaired) electrons. The average molecular weight is 226 g/mol. The highest BCUT2D eigenvalue weighted by molar-refractivity contribution is 4.81. The van der Waals surface area contributed by atoms with E-state index in [1.54, 1.807) is 0 Å². The minimum atomic E-state index is 0.359. The van der Waals surface area contributed by atoms with Crippen LogP contribution < -0.4 is 0 Å². The van der Waals surface area contributed by atoms with Gasteiger partial charge in [-0.3, -0.25) is 0 Å². The van der Waals surface area contributed by atoms with Crippen LogP contribution >= 0.6 is 0 Å². The molecule has 0 unspecified atom stereocenters. The number of aliphatic hydroxyl groups excluding tert-OH is 1. The van der Waals surface area contributed by atoms with E-state index in [4.69, 9.17) is 5.11 Å². The van der Waals surface area contributed by atoms with E-state index in [1.807, 2.05) is 0 Å². The second-order valence-corrected chi connectivity index (χ2v) is 4.60. The van der Waals surface area contributed by atoms with Crippen molar-refractivity contribution in [1.82, 2.24) is 0 Å². The molecule has 0 saturated heterocycles. The van der Waals surface area contributed by atoms with E-state index in [9.17, 15) is 0 Å². The summed E-state index contributed by atoms with van der Waals surface area (Å²) < 4.78 is 0. The third kappa shape index (κ3) is 13.7. The molecular formula is C15H30O. The Morgan fingerprint density at radius 1 is 0.688 bits per heavy atom. The molecule has 0 aliphatic carbocycles. The van der Waals surface area contributed by atoms with Gasteiger partial charge in [0.05, 0.1) is 0 Å². The maximum absolute atomic E-state index is 8.62. The minimum absolute atomic E-state index is 0.359. The normalized spacial score (nSPS) is 11.4. The first-order chi connectivity index (χ1) is 7.91. The van der Waals surface area contributed by atoms with Crippen molar-refractivity contribution in [2.75, 3.05) is 6.61 Å². The third-order valence-corrected chi connectivity index (χ3v) is 2.92. The molecule has 1 heteroatoms. The summed E-state index contributed by atoms with van der Waals surface area (Å²) in [6.45, 7) is 2.62. The molecule has 0 aromatic heterocycles. The first kappa shape index (κ1) is 15.7. The number of rotatable bonds is 12. The maximum atomic E-state index is 8.62. The Hall–Kier alpha value is -0.300. The van der Waals surface area contributed by atoms with Crippen molar-refractivity contribution >= 4 is 0 Å². The Morgan fingerprint density at radius 3 is 1.75 bits per heavy atom. The molecule has 0 fully saturated rings. The van der Waals surface area contributed by atoms with Crippen molar-refractivity contribution in [3.63, 3.8) is 0 Å². The highest BCUT2D eigenvalue weighted by Crippen LogP contribution is 2.07. The fourth-order valence-electron chi connectivity index (χ4n) is 1.83. The van der Waals surface area contributed by atoms with Crippen LogP contribution in [0, 0.1) is 0 Å². The van der Waals surface area contributed by atoms with E-state index in [1.165, 1.54) is 64.2 Å². The summed E-state index contributed by atoms with van der Waals surface area (Å²) in [6, 6.07) is 0. The molecule has 0 rings (SSSR count). The largest absolute Gasteiger partial charge is 0.396 e. The molecule has 1 nitrogen and oxygen atoms in total. The molecule has 96 valence electrons. The van der Waals surface area contributed by atoms with Gasteiger partial charge < -0.3 is 5.11 Å². The van der Waals surface area contributed by atoms with Gasteiger partial charge in [0, 0.05) is 6.61 Å². The number of unbranched alkanes of at least 4 members (excludes halogenated alkanes) is 9. The predicted octanol–water partition coefficient (Wildman–Crippen LogP) is 4.85. The van der Waals surface area contributed by atoms with E-state index < -0.39 is 0 Å². The lowest BCUT2D eigenvalue weighted by atomic mass is 10.1. The molecule has 0 aromatic carbocycles. The van der Waals surface area contributed by atoms with Crippen molar-refractivity contribution in [2.45, 2.75) is 77.6 Å². The molecule has 16 heavy (non-hydrogen) atoms. The molecule has 0 atom stereocenters. The Bertz CT molecular complexity index is 140. The summed E-state index contributed by atoms with van der Waals surface area (Å²) in [5, 5.41) is 8.62. The highest BCUT2D eigenvalue weighted by atomic mass is 16.2. The first-order valence-electron chi connectivity index (χ1n) is 7.17. The number of allylic oxidation sites excluding steroid dienone is 2. The molecule has 0 bridgehead atoms. The molecule has 0 amide bonds. The zero-order chi connectivity index (χ0) is 11.9. The van der Waals surface area contributed by atoms with E-state index in [-0.39, 0.29) is 0 Å². The summed E-state index contributed by atoms with van der Waals surface area (Å²) in [6.07, 6.45) is 18.8. The van der Waals surface area contributed by atoms with Gasteiger partial charge in [-0.1, -0.05) is 57.6 Å². The average Bonchev–Trinajstić information content (AvgIpc) is 2.31. The van der Waals surface area contributed by atoms with Gasteiger partial charge >= 0.3 is 0 Å². The molecule has 1 N–H and O–H groups in total. The van der Waals surface area contributed by atoms with Gasteiger partial charge in [-0.15, -0.1) is 0 Å². The van der Waals surface area contributed by atoms with Crippen molar-refractivity contribution in [3.8, 4) is 0 Å². The van der Waals surface area contributed by atoms with Crippen LogP contribution in [0.4, 0.5) is 0 Å². The molecule has 0 saturated carbocycles. The van der Waals surface area contributed by atoms with Gasteiger partial charge in [0.2, 0.25) is 0 Å². The van der Waals surface area contributed by atoms with Crippen LogP contribution in [0.3, 0.4) is 0 Å². The standard InChI is InChI=1S/C15H30O/c1-2-3-4-5-6-7-8-9-10-11-12-13-14-15-16/h7-8,16H,2-6,9-15H2,1H3/b8-7-. The van der Waals surface area contributed by atoms with Gasteiger partial charge in [-0.25, -0.2) is 0 Å². The molecule has 0 aliphatic heterocycles. The smallest absolute Gasteiger partial charge is 0.0431 e. The van der Waals surface area contributed by atoms with E-state index >= 15 is 0 Å². The fraction of sp³-hybridized carbons (Fsp3) is 0.867. The Morgan fingerprint density at radius 2 is 1.19 bits per heavy atom. The van der Waals surface area contributed by atoms with Crippen LogP contribution in [0.2, 0.25) is 0 Å². The summed E-state index contributed by atoms with van der Waals surface area (Å²) in [4.78, 5) is 0. The third-order valence-electron chi connectivity index (χ3n) is 2.92. The molecule has 0 aliphatic rings. The summed E-state index contributed by atoms with van der Waals surface area (Å²) in [5.74, 6) is 0. The maximum Gasteiger partial charge on any atom is 0.0431 e. The summed E-state index contributed by atoms with van der Waals surface area (Å²) >= 11 is 0. The molecule has 0 spiro atoms. The minimum Gasteiger partial charge on any atom is -0.396 e. The first-order valence-corrected chi connectivity index (χ1v) is 7.17. The number of hydrogen-bond acceptors (Lipinski definition) is 1. The van der Waals surface area contributed by atoms with Gasteiger partial charge in [-0.05, 0) is 32.1 Å². The topological polar surface area (TPSA) is 20.2 Å². The summed E-state index contributed by atoms with van der Waals surface area (Å²) in [7, 11) is 0. The van der Waals surface area contributed by atoms with Crippen LogP contribution in [0.1, 0.15) is 77.6 Å². The van der Waals surface area contributed by atoms with Crippen molar-refractivity contribution in [3.05, 3.63) is 12.2 Å². The predicted molar refractivity (Wildman–Crippen MR) is 72.7 cm³/mol. The van der Waals surface area contributed by atoms with Crippen molar-refractivity contribution < 1.29 is 5.11 Å². The lowest BCUT2D eigenvalue weighted by molar-refractivity contribution is 0.282. The zero-order valence-electron chi connectivity index (χ0n) is 11.1. The van der Waals surface area contributed by atoms with Crippen molar-refractivity contribution in [1.29, 1.82) is 0 Å². The van der Waals surface area contributed by atoms with Crippen LogP contribution in [-0.4, -0.2) is 11.7 Å². The van der Waals surface area contributed by atoms with E-state index in [0.29, 0.717) is 6.61 Å². The van der Waals surface area contributed by atoms with Gasteiger partial charge in [0.25, 0.3) is 0 Å². The molecular weight excluding hydrogens is 196 g/mol. The Kier molecular flexibility index (Phi) is 14.4. The molecule has 0 aromatic rings. The SMILES string of the molecule is CCCCCC/C=C\CCCCCCCO. The quantitative estimate of drug-likeness (QED) is 0.373. The van der Waals surface area contributed by atoms with Crippen LogP contribution in [0.25, 0.3) is 0 Å². The van der Waals surface area contributed by atoms with Gasteiger partial charge in [-0.2, -0.15) is 0 Å². The van der Waals surface area contributed by atoms with E-state index in [0.717, 1.165) is 6.42 Å². The second kappa shape index (κ2) is 14.7. The Labute approximate surface area is 102 Å². The van der Waals surface area contributed by atoms with Gasteiger partial charge in [0.15, 0.2) is 0 Å². The lowest BCUT2D eigenvalue weighted by Crippen LogP contribution is -1.83. The van der Waals surface area contributed by atoms with E-state index in [2.05, 4.69) is 19.1 Å². The molecule has 0 heterocycles.